The molecule has 0 aliphatic rings. The van der Waals surface area contributed by atoms with Gasteiger partial charge in [-0.3, -0.25) is 9.59 Å². The Labute approximate surface area is 473 Å². The highest BCUT2D eigenvalue weighted by Gasteiger charge is 2.22. The number of carbonyl (C=O) groups is 3. The predicted molar refractivity (Wildman–Crippen MR) is 324 cm³/mol. The van der Waals surface area contributed by atoms with Gasteiger partial charge < -0.3 is 33.3 Å². The molecule has 0 saturated heterocycles. The standard InChI is InChI=1S/C68H115NO8/c1-6-8-10-12-14-16-18-20-22-24-26-27-28-29-30-31-32-33-34-35-36-37-38-39-41-43-45-47-49-51-53-55-57-59-66(71)77-64(63-76-68(67(72)73)74-61-60-69(3,4)5)62-75-65(70)58-56-54-52-50-48-46-44-42-40-25-23-21-19-17-15-13-11-9-7-2/h8-11,14-17,20-23,26-27,29-30,40,42,64,68H,6-7,12-13,18-19,24-25,28,31-39,41,43-63H2,1-5H3/b10-8-,11-9-,16-14-,17-15-,22-20-,23-21-,27-26-,30-29-,42-40-. The molecule has 9 heteroatoms. The van der Waals surface area contributed by atoms with E-state index in [1.165, 1.54) is 89.9 Å². The molecule has 2 unspecified atom stereocenters. The van der Waals surface area contributed by atoms with Crippen molar-refractivity contribution in [3.63, 3.8) is 0 Å². The summed E-state index contributed by atoms with van der Waals surface area (Å²) in [6, 6.07) is 0. The smallest absolute Gasteiger partial charge is 0.306 e. The molecule has 0 spiro atoms. The third kappa shape index (κ3) is 59.5. The number of nitrogens with zero attached hydrogens (tertiary/aromatic N) is 1. The number of rotatable bonds is 56. The fourth-order valence-corrected chi connectivity index (χ4v) is 8.32. The van der Waals surface area contributed by atoms with Crippen molar-refractivity contribution in [3.8, 4) is 0 Å². The summed E-state index contributed by atoms with van der Waals surface area (Å²) in [5.74, 6) is -2.30. The summed E-state index contributed by atoms with van der Waals surface area (Å²) in [5, 5.41) is 11.8. The average Bonchev–Trinajstić information content (AvgIpc) is 3.40. The topological polar surface area (TPSA) is 111 Å². The van der Waals surface area contributed by atoms with E-state index in [-0.39, 0.29) is 38.6 Å². The number of carbonyl (C=O) groups excluding carboxylic acids is 3. The van der Waals surface area contributed by atoms with E-state index in [1.54, 1.807) is 0 Å². The zero-order chi connectivity index (χ0) is 56.2. The first-order chi connectivity index (χ1) is 37.6. The molecule has 0 N–H and O–H groups in total. The van der Waals surface area contributed by atoms with E-state index in [9.17, 15) is 19.5 Å². The fourth-order valence-electron chi connectivity index (χ4n) is 8.32. The highest BCUT2D eigenvalue weighted by molar-refractivity contribution is 5.70. The molecule has 0 amide bonds. The number of hydrogen-bond acceptors (Lipinski definition) is 8. The van der Waals surface area contributed by atoms with Gasteiger partial charge >= 0.3 is 11.9 Å². The number of quaternary nitrogens is 1. The van der Waals surface area contributed by atoms with Crippen LogP contribution >= 0.6 is 0 Å². The Morgan fingerprint density at radius 1 is 0.390 bits per heavy atom. The Bertz CT molecular complexity index is 1630. The normalized spacial score (nSPS) is 13.5. The van der Waals surface area contributed by atoms with Crippen molar-refractivity contribution in [1.82, 2.24) is 0 Å². The Balaban J connectivity index is 4.16. The van der Waals surface area contributed by atoms with Crippen molar-refractivity contribution in [3.05, 3.63) is 109 Å². The third-order valence-corrected chi connectivity index (χ3v) is 13.0. The lowest BCUT2D eigenvalue weighted by Crippen LogP contribution is -2.44. The van der Waals surface area contributed by atoms with E-state index in [0.29, 0.717) is 17.4 Å². The SMILES string of the molecule is CC/C=C\C/C=C\C/C=C\C/C=C\C/C=C\CCCCCCCCCCCCCCCCCCCC(=O)OC(COC(=O)CCCCCCCC/C=C\C/C=C\C/C=C\C/C=C\CC)COC(OCC[N+](C)(C)C)C(=O)[O-]. The summed E-state index contributed by atoms with van der Waals surface area (Å²) in [6.07, 6.45) is 77.2. The van der Waals surface area contributed by atoms with Crippen molar-refractivity contribution in [2.45, 2.75) is 257 Å². The van der Waals surface area contributed by atoms with Crippen LogP contribution in [0.4, 0.5) is 0 Å². The maximum atomic E-state index is 12.9. The summed E-state index contributed by atoms with van der Waals surface area (Å²) in [4.78, 5) is 37.3. The van der Waals surface area contributed by atoms with E-state index >= 15 is 0 Å². The first-order valence-electron chi connectivity index (χ1n) is 31.0. The van der Waals surface area contributed by atoms with E-state index in [0.717, 1.165) is 122 Å². The van der Waals surface area contributed by atoms with Crippen LogP contribution in [-0.2, 0) is 33.3 Å². The molecule has 9 nitrogen and oxygen atoms in total. The lowest BCUT2D eigenvalue weighted by Gasteiger charge is -2.26. The number of allylic oxidation sites excluding steroid dienone is 18. The molecular formula is C68H115NO8. The van der Waals surface area contributed by atoms with Crippen molar-refractivity contribution in [2.75, 3.05) is 47.5 Å². The predicted octanol–water partition coefficient (Wildman–Crippen LogP) is 17.3. The van der Waals surface area contributed by atoms with Gasteiger partial charge in [0.1, 0.15) is 13.2 Å². The molecule has 0 aliphatic carbocycles. The number of carboxylic acid groups (broad SMARTS) is 1. The van der Waals surface area contributed by atoms with Gasteiger partial charge in [0.15, 0.2) is 12.4 Å². The summed E-state index contributed by atoms with van der Waals surface area (Å²) in [7, 11) is 5.92. The molecule has 0 rings (SSSR count). The second kappa shape index (κ2) is 58.1. The van der Waals surface area contributed by atoms with Crippen LogP contribution in [0, 0.1) is 0 Å². The molecule has 0 fully saturated rings. The quantitative estimate of drug-likeness (QED) is 0.0195. The lowest BCUT2D eigenvalue weighted by molar-refractivity contribution is -0.870. The fraction of sp³-hybridized carbons (Fsp3) is 0.691. The molecule has 0 aliphatic heterocycles. The number of esters is 2. The molecule has 0 bridgehead atoms. The highest BCUT2D eigenvalue weighted by atomic mass is 16.7. The van der Waals surface area contributed by atoms with E-state index in [1.807, 2.05) is 21.1 Å². The minimum Gasteiger partial charge on any atom is -0.545 e. The van der Waals surface area contributed by atoms with Crippen molar-refractivity contribution >= 4 is 17.9 Å². The maximum absolute atomic E-state index is 12.9. The van der Waals surface area contributed by atoms with Crippen LogP contribution in [0.2, 0.25) is 0 Å². The lowest BCUT2D eigenvalue weighted by atomic mass is 10.0. The van der Waals surface area contributed by atoms with Crippen molar-refractivity contribution < 1.29 is 42.9 Å². The second-order valence-electron chi connectivity index (χ2n) is 21.6. The Kier molecular flexibility index (Phi) is 55.1. The number of ether oxygens (including phenoxy) is 4. The molecular weight excluding hydrogens is 959 g/mol. The number of aliphatic carboxylic acids is 1. The molecule has 0 saturated carbocycles. The largest absolute Gasteiger partial charge is 0.545 e. The van der Waals surface area contributed by atoms with Crippen LogP contribution in [0.15, 0.2) is 109 Å². The number of carboxylic acids is 1. The van der Waals surface area contributed by atoms with Gasteiger partial charge in [0.2, 0.25) is 0 Å². The molecule has 0 aromatic heterocycles. The van der Waals surface area contributed by atoms with Gasteiger partial charge in [-0.15, -0.1) is 0 Å². The molecule has 0 radical (unpaired) electrons. The highest BCUT2D eigenvalue weighted by Crippen LogP contribution is 2.16. The summed E-state index contributed by atoms with van der Waals surface area (Å²) < 4.78 is 22.7. The van der Waals surface area contributed by atoms with Crippen LogP contribution in [0.3, 0.4) is 0 Å². The minimum atomic E-state index is -1.63. The molecule has 2 atom stereocenters. The van der Waals surface area contributed by atoms with Crippen LogP contribution in [-0.4, -0.2) is 82.3 Å². The van der Waals surface area contributed by atoms with E-state index in [2.05, 4.69) is 123 Å². The Morgan fingerprint density at radius 2 is 0.701 bits per heavy atom. The van der Waals surface area contributed by atoms with E-state index in [4.69, 9.17) is 18.9 Å². The van der Waals surface area contributed by atoms with Crippen molar-refractivity contribution in [1.29, 1.82) is 0 Å². The third-order valence-electron chi connectivity index (χ3n) is 13.0. The monoisotopic (exact) mass is 1070 g/mol. The van der Waals surface area contributed by atoms with Crippen LogP contribution < -0.4 is 5.11 Å². The zero-order valence-electron chi connectivity index (χ0n) is 50.0. The molecule has 0 aromatic carbocycles. The van der Waals surface area contributed by atoms with Crippen LogP contribution in [0.25, 0.3) is 0 Å². The van der Waals surface area contributed by atoms with Crippen LogP contribution in [0.1, 0.15) is 245 Å². The average molecular weight is 1070 g/mol. The van der Waals surface area contributed by atoms with Gasteiger partial charge in [0.05, 0.1) is 40.3 Å². The van der Waals surface area contributed by atoms with Gasteiger partial charge in [-0.2, -0.15) is 0 Å². The molecule has 0 heterocycles. The minimum absolute atomic E-state index is 0.141. The summed E-state index contributed by atoms with van der Waals surface area (Å²) in [5.41, 5.74) is 0. The van der Waals surface area contributed by atoms with Crippen LogP contribution in [0.5, 0.6) is 0 Å². The van der Waals surface area contributed by atoms with Gasteiger partial charge in [-0.1, -0.05) is 245 Å². The second-order valence-corrected chi connectivity index (χ2v) is 21.6. The number of likely N-dealkylation sites (N-methyl/N-ethyl adjacent to an activating group) is 1. The molecule has 0 aromatic rings. The Morgan fingerprint density at radius 3 is 1.04 bits per heavy atom. The van der Waals surface area contributed by atoms with Gasteiger partial charge in [0, 0.05) is 12.8 Å². The first-order valence-corrected chi connectivity index (χ1v) is 31.0. The maximum Gasteiger partial charge on any atom is 0.306 e. The number of unbranched alkanes of at least 4 members (excludes halogenated alkanes) is 23. The zero-order valence-corrected chi connectivity index (χ0v) is 50.0. The van der Waals surface area contributed by atoms with Gasteiger partial charge in [0.25, 0.3) is 0 Å². The van der Waals surface area contributed by atoms with Crippen molar-refractivity contribution in [2.24, 2.45) is 0 Å². The van der Waals surface area contributed by atoms with Gasteiger partial charge in [-0.25, -0.2) is 0 Å². The molecule has 77 heavy (non-hydrogen) atoms. The van der Waals surface area contributed by atoms with Gasteiger partial charge in [-0.05, 0) is 96.3 Å². The first kappa shape index (κ1) is 73.0. The van der Waals surface area contributed by atoms with E-state index < -0.39 is 24.3 Å². The summed E-state index contributed by atoms with van der Waals surface area (Å²) >= 11 is 0. The Hall–Kier alpha value is -4.05. The number of hydrogen-bond donors (Lipinski definition) is 0. The summed E-state index contributed by atoms with van der Waals surface area (Å²) in [6.45, 7) is 4.51. The molecule has 440 valence electrons.